The van der Waals surface area contributed by atoms with Crippen LogP contribution in [0, 0.1) is 0 Å². The molecule has 23 heavy (non-hydrogen) atoms. The molecule has 0 bridgehead atoms. The molecule has 0 spiro atoms. The summed E-state index contributed by atoms with van der Waals surface area (Å²) < 4.78 is 9.70. The van der Waals surface area contributed by atoms with E-state index in [1.165, 1.54) is 27.6 Å². The number of hydrogen-bond donors (Lipinski definition) is 0. The third-order valence-electron chi connectivity index (χ3n) is 2.85. The number of carbonyl (C=O) groups excluding carboxylic acids is 1. The van der Waals surface area contributed by atoms with Crippen molar-refractivity contribution < 1.29 is 23.9 Å². The molecule has 0 aliphatic carbocycles. The lowest BCUT2D eigenvalue weighted by molar-refractivity contribution is -0.133. The summed E-state index contributed by atoms with van der Waals surface area (Å²) in [5.74, 6) is -0.161. The van der Waals surface area contributed by atoms with E-state index in [1.807, 2.05) is 0 Å². The summed E-state index contributed by atoms with van der Waals surface area (Å²) in [5, 5.41) is 7.75. The fourth-order valence-corrected chi connectivity index (χ4v) is 1.60. The molecule has 0 aliphatic heterocycles. The van der Waals surface area contributed by atoms with Crippen molar-refractivity contribution in [1.29, 1.82) is 0 Å². The number of hydrogen-bond acceptors (Lipinski definition) is 7. The van der Waals surface area contributed by atoms with Crippen molar-refractivity contribution in [2.24, 2.45) is 10.3 Å². The Morgan fingerprint density at radius 3 is 2.30 bits per heavy atom. The molecule has 0 aromatic heterocycles. The molecule has 0 heterocycles. The van der Waals surface area contributed by atoms with Gasteiger partial charge in [0.25, 0.3) is 0 Å². The van der Waals surface area contributed by atoms with Gasteiger partial charge in [0.1, 0.15) is 24.1 Å². The fourth-order valence-electron chi connectivity index (χ4n) is 1.60. The highest BCUT2D eigenvalue weighted by Crippen LogP contribution is 2.27. The Morgan fingerprint density at radius 2 is 1.70 bits per heavy atom. The highest BCUT2D eigenvalue weighted by Gasteiger charge is 2.18. The first kappa shape index (κ1) is 18.2. The molecule has 0 fully saturated rings. The molecule has 0 saturated carbocycles. The number of methoxy groups -OCH3 is 2. The van der Waals surface area contributed by atoms with Gasteiger partial charge in [-0.2, -0.15) is 0 Å². The van der Waals surface area contributed by atoms with Crippen molar-refractivity contribution in [3.05, 3.63) is 36.1 Å². The van der Waals surface area contributed by atoms with Crippen LogP contribution in [0.5, 0.6) is 5.75 Å². The topological polar surface area (TPSA) is 78.7 Å². The zero-order valence-electron chi connectivity index (χ0n) is 13.8. The zero-order valence-corrected chi connectivity index (χ0v) is 13.8. The minimum absolute atomic E-state index is 0.223. The minimum atomic E-state index is -0.541. The van der Waals surface area contributed by atoms with Gasteiger partial charge >= 0.3 is 5.97 Å². The second kappa shape index (κ2) is 9.24. The summed E-state index contributed by atoms with van der Waals surface area (Å²) in [7, 11) is 4.19. The smallest absolute Gasteiger partial charge is 0.341 e. The minimum Gasteiger partial charge on any atom is -0.503 e. The van der Waals surface area contributed by atoms with E-state index in [-0.39, 0.29) is 5.57 Å². The molecular formula is C16H20N2O5. The summed E-state index contributed by atoms with van der Waals surface area (Å²) in [6.07, 6.45) is 1.29. The normalized spacial score (nSPS) is 12.7. The van der Waals surface area contributed by atoms with E-state index in [4.69, 9.17) is 14.3 Å². The van der Waals surface area contributed by atoms with Crippen molar-refractivity contribution in [1.82, 2.24) is 0 Å². The lowest BCUT2D eigenvalue weighted by Gasteiger charge is -2.10. The number of para-hydroxylation sites is 1. The SMILES string of the molecule is CO/C=C(\C(=O)OC)c1ccccc1O/N=C(C)/C(C)=N/OC. The standard InChI is InChI=1S/C16H20N2O5/c1-11(17-22-5)12(2)18-23-15-9-7-6-8-13(15)14(10-20-3)16(19)21-4/h6-10H,1-5H3/b14-10-,17-11+,18-12+. The van der Waals surface area contributed by atoms with Crippen LogP contribution in [-0.2, 0) is 19.1 Å². The first-order chi connectivity index (χ1) is 11.0. The summed E-state index contributed by atoms with van der Waals surface area (Å²) in [6.45, 7) is 3.47. The number of esters is 1. The quantitative estimate of drug-likeness (QED) is 0.254. The van der Waals surface area contributed by atoms with E-state index in [9.17, 15) is 4.79 Å². The predicted octanol–water partition coefficient (Wildman–Crippen LogP) is 2.62. The maximum atomic E-state index is 11.9. The van der Waals surface area contributed by atoms with Crippen molar-refractivity contribution in [3.8, 4) is 5.75 Å². The van der Waals surface area contributed by atoms with Crippen LogP contribution in [0.25, 0.3) is 5.57 Å². The second-order valence-electron chi connectivity index (χ2n) is 4.38. The van der Waals surface area contributed by atoms with Crippen LogP contribution in [0.1, 0.15) is 19.4 Å². The molecule has 0 atom stereocenters. The van der Waals surface area contributed by atoms with Crippen molar-refractivity contribution in [3.63, 3.8) is 0 Å². The van der Waals surface area contributed by atoms with Crippen molar-refractivity contribution in [2.45, 2.75) is 13.8 Å². The number of nitrogens with zero attached hydrogens (tertiary/aromatic N) is 2. The lowest BCUT2D eigenvalue weighted by Crippen LogP contribution is -2.09. The second-order valence-corrected chi connectivity index (χ2v) is 4.38. The van der Waals surface area contributed by atoms with Gasteiger partial charge in [0, 0.05) is 5.56 Å². The van der Waals surface area contributed by atoms with Gasteiger partial charge < -0.3 is 19.1 Å². The van der Waals surface area contributed by atoms with Crippen LogP contribution < -0.4 is 4.84 Å². The summed E-state index contributed by atoms with van der Waals surface area (Å²) >= 11 is 0. The molecule has 7 nitrogen and oxygen atoms in total. The first-order valence-corrected chi connectivity index (χ1v) is 6.75. The van der Waals surface area contributed by atoms with Crippen LogP contribution in [0.2, 0.25) is 0 Å². The summed E-state index contributed by atoms with van der Waals surface area (Å²) in [4.78, 5) is 22.0. The highest BCUT2D eigenvalue weighted by molar-refractivity contribution is 6.40. The number of carbonyl (C=O) groups is 1. The molecule has 124 valence electrons. The Kier molecular flexibility index (Phi) is 7.32. The maximum absolute atomic E-state index is 11.9. The predicted molar refractivity (Wildman–Crippen MR) is 87.3 cm³/mol. The molecule has 0 saturated heterocycles. The average molecular weight is 320 g/mol. The van der Waals surface area contributed by atoms with Gasteiger partial charge in [-0.1, -0.05) is 28.5 Å². The molecule has 1 aromatic rings. The van der Waals surface area contributed by atoms with E-state index in [0.29, 0.717) is 22.7 Å². The van der Waals surface area contributed by atoms with E-state index < -0.39 is 5.97 Å². The third kappa shape index (κ3) is 5.14. The van der Waals surface area contributed by atoms with Crippen LogP contribution in [-0.4, -0.2) is 38.7 Å². The monoisotopic (exact) mass is 320 g/mol. The van der Waals surface area contributed by atoms with Crippen LogP contribution in [0.15, 0.2) is 40.8 Å². The fraction of sp³-hybridized carbons (Fsp3) is 0.312. The Bertz CT molecular complexity index is 635. The first-order valence-electron chi connectivity index (χ1n) is 6.75. The number of benzene rings is 1. The van der Waals surface area contributed by atoms with Crippen LogP contribution in [0.3, 0.4) is 0 Å². The van der Waals surface area contributed by atoms with Gasteiger partial charge in [-0.25, -0.2) is 4.79 Å². The van der Waals surface area contributed by atoms with Gasteiger partial charge in [0.15, 0.2) is 5.75 Å². The van der Waals surface area contributed by atoms with E-state index in [1.54, 1.807) is 38.1 Å². The van der Waals surface area contributed by atoms with E-state index in [2.05, 4.69) is 15.1 Å². The van der Waals surface area contributed by atoms with Crippen molar-refractivity contribution >= 4 is 23.0 Å². The van der Waals surface area contributed by atoms with Gasteiger partial charge in [-0.3, -0.25) is 0 Å². The zero-order chi connectivity index (χ0) is 17.2. The molecule has 1 rings (SSSR count). The van der Waals surface area contributed by atoms with Gasteiger partial charge in [-0.05, 0) is 19.9 Å². The molecule has 0 amide bonds. The maximum Gasteiger partial charge on any atom is 0.341 e. The van der Waals surface area contributed by atoms with E-state index in [0.717, 1.165) is 0 Å². The van der Waals surface area contributed by atoms with Gasteiger partial charge in [0.2, 0.25) is 0 Å². The summed E-state index contributed by atoms with van der Waals surface area (Å²) in [6, 6.07) is 6.92. The Hall–Kier alpha value is -2.83. The number of oxime groups is 2. The lowest BCUT2D eigenvalue weighted by atomic mass is 10.1. The number of rotatable bonds is 7. The highest BCUT2D eigenvalue weighted by atomic mass is 16.6. The van der Waals surface area contributed by atoms with Gasteiger partial charge in [-0.15, -0.1) is 0 Å². The molecule has 0 radical (unpaired) electrons. The van der Waals surface area contributed by atoms with Gasteiger partial charge in [0.05, 0.1) is 20.5 Å². The van der Waals surface area contributed by atoms with E-state index >= 15 is 0 Å². The molecule has 0 unspecified atom stereocenters. The van der Waals surface area contributed by atoms with Crippen molar-refractivity contribution in [2.75, 3.05) is 21.3 Å². The molecule has 0 aliphatic rings. The molecule has 0 N–H and O–H groups in total. The number of ether oxygens (including phenoxy) is 2. The molecular weight excluding hydrogens is 300 g/mol. The van der Waals surface area contributed by atoms with Crippen LogP contribution >= 0.6 is 0 Å². The van der Waals surface area contributed by atoms with Crippen LogP contribution in [0.4, 0.5) is 0 Å². The largest absolute Gasteiger partial charge is 0.503 e. The Labute approximate surface area is 135 Å². The molecule has 7 heteroatoms. The Balaban J connectivity index is 3.15. The molecule has 1 aromatic carbocycles. The average Bonchev–Trinajstić information content (AvgIpc) is 2.57. The summed E-state index contributed by atoms with van der Waals surface area (Å²) in [5.41, 5.74) is 1.84. The Morgan fingerprint density at radius 1 is 1.04 bits per heavy atom. The third-order valence-corrected chi connectivity index (χ3v) is 2.85.